The molecule has 1 N–H and O–H groups in total. The Bertz CT molecular complexity index is 493. The summed E-state index contributed by atoms with van der Waals surface area (Å²) in [4.78, 5) is 15.5. The van der Waals surface area contributed by atoms with E-state index in [1.807, 2.05) is 0 Å². The molecule has 0 aliphatic heterocycles. The Morgan fingerprint density at radius 2 is 2.00 bits per heavy atom. The van der Waals surface area contributed by atoms with Crippen LogP contribution in [-0.4, -0.2) is 19.4 Å². The van der Waals surface area contributed by atoms with Gasteiger partial charge in [-0.05, 0) is 36.8 Å². The van der Waals surface area contributed by atoms with Crippen molar-refractivity contribution in [3.05, 3.63) is 45.6 Å². The molecule has 0 fully saturated rings. The number of carbonyl (C=O) groups is 1. The Hall–Kier alpha value is -1.52. The second-order valence-electron chi connectivity index (χ2n) is 3.58. The van der Waals surface area contributed by atoms with Gasteiger partial charge in [-0.15, -0.1) is 0 Å². The van der Waals surface area contributed by atoms with Gasteiger partial charge in [0.05, 0.1) is 20.0 Å². The van der Waals surface area contributed by atoms with Gasteiger partial charge in [-0.3, -0.25) is 9.79 Å². The highest BCUT2D eigenvalue weighted by Crippen LogP contribution is 2.19. The predicted molar refractivity (Wildman–Crippen MR) is 77.6 cm³/mol. The molecular formula is C13H14Cl2N2O2. The molecule has 0 unspecified atom stereocenters. The molecule has 4 nitrogen and oxygen atoms in total. The van der Waals surface area contributed by atoms with E-state index < -0.39 is 0 Å². The second kappa shape index (κ2) is 7.81. The molecule has 6 heteroatoms. The highest BCUT2D eigenvalue weighted by Gasteiger charge is 2.05. The maximum absolute atomic E-state index is 11.5. The quantitative estimate of drug-likeness (QED) is 0.393. The first kappa shape index (κ1) is 15.5. The van der Waals surface area contributed by atoms with Gasteiger partial charge in [0, 0.05) is 10.0 Å². The maximum Gasteiger partial charge on any atom is 0.291 e. The monoisotopic (exact) mass is 300 g/mol. The van der Waals surface area contributed by atoms with Gasteiger partial charge in [0.15, 0.2) is 5.76 Å². The SMILES string of the molecule is C/C=C(/OC)C(=O)NC=NCc1cc(Cl)cc(Cl)c1. The standard InChI is InChI=1S/C13H14Cl2N2O2/c1-3-12(19-2)13(18)17-8-16-7-9-4-10(14)6-11(15)5-9/h3-6,8H,7H2,1-2H3,(H,16,17,18)/b12-3+. The third-order valence-electron chi connectivity index (χ3n) is 2.19. The number of amides is 1. The van der Waals surface area contributed by atoms with Crippen LogP contribution in [0.5, 0.6) is 0 Å². The summed E-state index contributed by atoms with van der Waals surface area (Å²) in [5, 5.41) is 3.60. The number of rotatable bonds is 5. The number of ether oxygens (including phenoxy) is 1. The van der Waals surface area contributed by atoms with E-state index in [2.05, 4.69) is 10.3 Å². The molecule has 1 rings (SSSR count). The lowest BCUT2D eigenvalue weighted by Crippen LogP contribution is -2.24. The van der Waals surface area contributed by atoms with Gasteiger partial charge in [0.25, 0.3) is 5.91 Å². The molecule has 0 spiro atoms. The highest BCUT2D eigenvalue weighted by atomic mass is 35.5. The Kier molecular flexibility index (Phi) is 6.39. The molecule has 1 aromatic carbocycles. The minimum Gasteiger partial charge on any atom is -0.491 e. The van der Waals surface area contributed by atoms with Crippen molar-refractivity contribution >= 4 is 35.4 Å². The molecule has 102 valence electrons. The fraction of sp³-hybridized carbons (Fsp3) is 0.231. The van der Waals surface area contributed by atoms with E-state index in [0.717, 1.165) is 5.56 Å². The van der Waals surface area contributed by atoms with Crippen molar-refractivity contribution in [2.75, 3.05) is 7.11 Å². The second-order valence-corrected chi connectivity index (χ2v) is 4.45. The highest BCUT2D eigenvalue weighted by molar-refractivity contribution is 6.34. The Morgan fingerprint density at radius 3 is 2.53 bits per heavy atom. The number of benzene rings is 1. The Morgan fingerprint density at radius 1 is 1.37 bits per heavy atom. The van der Waals surface area contributed by atoms with Crippen LogP contribution in [0.4, 0.5) is 0 Å². The third-order valence-corrected chi connectivity index (χ3v) is 2.63. The molecule has 0 heterocycles. The number of methoxy groups -OCH3 is 1. The van der Waals surface area contributed by atoms with Gasteiger partial charge >= 0.3 is 0 Å². The number of halogens is 2. The molecule has 19 heavy (non-hydrogen) atoms. The normalized spacial score (nSPS) is 11.7. The Balaban J connectivity index is 2.53. The van der Waals surface area contributed by atoms with Crippen molar-refractivity contribution in [2.45, 2.75) is 13.5 Å². The van der Waals surface area contributed by atoms with E-state index in [0.29, 0.717) is 16.6 Å². The summed E-state index contributed by atoms with van der Waals surface area (Å²) in [5.74, 6) is -0.116. The van der Waals surface area contributed by atoms with Crippen LogP contribution in [0.15, 0.2) is 35.0 Å². The number of carbonyl (C=O) groups excluding carboxylic acids is 1. The lowest BCUT2D eigenvalue weighted by molar-refractivity contribution is -0.118. The van der Waals surface area contributed by atoms with Gasteiger partial charge in [-0.1, -0.05) is 23.2 Å². The van der Waals surface area contributed by atoms with Crippen molar-refractivity contribution in [1.29, 1.82) is 0 Å². The lowest BCUT2D eigenvalue weighted by Gasteiger charge is -2.03. The van der Waals surface area contributed by atoms with Gasteiger partial charge in [-0.25, -0.2) is 0 Å². The molecule has 0 aliphatic carbocycles. The average molecular weight is 301 g/mol. The molecule has 0 saturated heterocycles. The minimum atomic E-state index is -0.349. The first-order valence-electron chi connectivity index (χ1n) is 5.51. The van der Waals surface area contributed by atoms with Crippen LogP contribution in [-0.2, 0) is 16.1 Å². The van der Waals surface area contributed by atoms with Gasteiger partial charge in [-0.2, -0.15) is 0 Å². The van der Waals surface area contributed by atoms with E-state index in [4.69, 9.17) is 27.9 Å². The first-order valence-corrected chi connectivity index (χ1v) is 6.27. The zero-order valence-electron chi connectivity index (χ0n) is 10.6. The summed E-state index contributed by atoms with van der Waals surface area (Å²) >= 11 is 11.7. The molecule has 0 saturated carbocycles. The summed E-state index contributed by atoms with van der Waals surface area (Å²) in [6.07, 6.45) is 2.89. The minimum absolute atomic E-state index is 0.234. The number of hydrogen-bond acceptors (Lipinski definition) is 3. The zero-order chi connectivity index (χ0) is 14.3. The van der Waals surface area contributed by atoms with Gasteiger partial charge < -0.3 is 10.1 Å². The number of hydrogen-bond donors (Lipinski definition) is 1. The van der Waals surface area contributed by atoms with Crippen LogP contribution in [0, 0.1) is 0 Å². The van der Waals surface area contributed by atoms with Gasteiger partial charge in [0.2, 0.25) is 0 Å². The van der Waals surface area contributed by atoms with Crippen LogP contribution >= 0.6 is 23.2 Å². The smallest absolute Gasteiger partial charge is 0.291 e. The van der Waals surface area contributed by atoms with E-state index in [9.17, 15) is 4.79 Å². The summed E-state index contributed by atoms with van der Waals surface area (Å²) in [6.45, 7) is 2.09. The largest absolute Gasteiger partial charge is 0.491 e. The molecule has 0 aromatic heterocycles. The van der Waals surface area contributed by atoms with E-state index in [1.165, 1.54) is 13.4 Å². The number of aliphatic imine (C=N–C) groups is 1. The summed E-state index contributed by atoms with van der Waals surface area (Å²) in [5.41, 5.74) is 0.862. The van der Waals surface area contributed by atoms with Crippen LogP contribution < -0.4 is 5.32 Å². The molecule has 0 radical (unpaired) electrons. The topological polar surface area (TPSA) is 50.7 Å². The van der Waals surface area contributed by atoms with E-state index in [-0.39, 0.29) is 11.7 Å². The van der Waals surface area contributed by atoms with E-state index >= 15 is 0 Å². The summed E-state index contributed by atoms with van der Waals surface area (Å²) < 4.78 is 4.86. The van der Waals surface area contributed by atoms with Crippen LogP contribution in [0.3, 0.4) is 0 Å². The lowest BCUT2D eigenvalue weighted by atomic mass is 10.2. The molecule has 1 aromatic rings. The van der Waals surface area contributed by atoms with Crippen molar-refractivity contribution in [3.8, 4) is 0 Å². The van der Waals surface area contributed by atoms with Crippen LogP contribution in [0.1, 0.15) is 12.5 Å². The first-order chi connectivity index (χ1) is 9.06. The Labute approximate surface area is 122 Å². The van der Waals surface area contributed by atoms with Crippen molar-refractivity contribution in [3.63, 3.8) is 0 Å². The third kappa shape index (κ3) is 5.32. The molecule has 0 bridgehead atoms. The molecule has 0 aliphatic rings. The van der Waals surface area contributed by atoms with Crippen molar-refractivity contribution < 1.29 is 9.53 Å². The summed E-state index contributed by atoms with van der Waals surface area (Å²) in [6, 6.07) is 5.17. The number of nitrogens with one attached hydrogen (secondary N) is 1. The van der Waals surface area contributed by atoms with E-state index in [1.54, 1.807) is 31.2 Å². The molecule has 0 atom stereocenters. The predicted octanol–water partition coefficient (Wildman–Crippen LogP) is 3.19. The van der Waals surface area contributed by atoms with Crippen molar-refractivity contribution in [1.82, 2.24) is 5.32 Å². The molecule has 1 amide bonds. The fourth-order valence-electron chi connectivity index (χ4n) is 1.37. The average Bonchev–Trinajstić information content (AvgIpc) is 2.35. The van der Waals surface area contributed by atoms with Crippen LogP contribution in [0.25, 0.3) is 0 Å². The molecular weight excluding hydrogens is 287 g/mol. The number of allylic oxidation sites excluding steroid dienone is 1. The fourth-order valence-corrected chi connectivity index (χ4v) is 1.94. The maximum atomic E-state index is 11.5. The van der Waals surface area contributed by atoms with Crippen LogP contribution in [0.2, 0.25) is 10.0 Å². The zero-order valence-corrected chi connectivity index (χ0v) is 12.1. The summed E-state index contributed by atoms with van der Waals surface area (Å²) in [7, 11) is 1.43. The van der Waals surface area contributed by atoms with Crippen molar-refractivity contribution in [2.24, 2.45) is 4.99 Å². The van der Waals surface area contributed by atoms with Gasteiger partial charge in [0.1, 0.15) is 0 Å². The number of nitrogens with zero attached hydrogens (tertiary/aromatic N) is 1.